The Balaban J connectivity index is 0.000000454. The highest BCUT2D eigenvalue weighted by Gasteiger charge is 2.38. The summed E-state index contributed by atoms with van der Waals surface area (Å²) in [5.41, 5.74) is 11.0. The number of carboxylic acids is 1. The molecule has 3 aromatic rings. The van der Waals surface area contributed by atoms with Crippen LogP contribution in [-0.4, -0.2) is 77.5 Å². The lowest BCUT2D eigenvalue weighted by Gasteiger charge is -2.34. The minimum Gasteiger partial charge on any atom is -0.475 e. The summed E-state index contributed by atoms with van der Waals surface area (Å²) < 4.78 is 31.7. The Morgan fingerprint density at radius 2 is 1.81 bits per heavy atom. The highest BCUT2D eigenvalue weighted by Crippen LogP contribution is 2.24. The molecule has 36 heavy (non-hydrogen) atoms. The van der Waals surface area contributed by atoms with Gasteiger partial charge in [-0.15, -0.1) is 0 Å². The van der Waals surface area contributed by atoms with E-state index in [0.29, 0.717) is 6.42 Å². The van der Waals surface area contributed by atoms with E-state index < -0.39 is 18.2 Å². The van der Waals surface area contributed by atoms with Gasteiger partial charge in [-0.25, -0.2) is 4.79 Å². The largest absolute Gasteiger partial charge is 0.490 e. The number of para-hydroxylation sites is 1. The maximum Gasteiger partial charge on any atom is 0.490 e. The van der Waals surface area contributed by atoms with Crippen molar-refractivity contribution in [3.63, 3.8) is 0 Å². The molecule has 1 aliphatic heterocycles. The smallest absolute Gasteiger partial charge is 0.475 e. The van der Waals surface area contributed by atoms with E-state index in [2.05, 4.69) is 44.5 Å². The maximum atomic E-state index is 12.7. The van der Waals surface area contributed by atoms with E-state index in [-0.39, 0.29) is 5.91 Å². The number of aryl methyl sites for hydroxylation is 1. The number of hydrogen-bond donors (Lipinski definition) is 4. The van der Waals surface area contributed by atoms with Gasteiger partial charge in [0.15, 0.2) is 0 Å². The summed E-state index contributed by atoms with van der Waals surface area (Å²) in [6.07, 6.45) is -4.68. The minimum atomic E-state index is -5.08. The van der Waals surface area contributed by atoms with Gasteiger partial charge in [0.2, 0.25) is 5.91 Å². The lowest BCUT2D eigenvalue weighted by Crippen LogP contribution is -2.44. The molecule has 2 aromatic carbocycles. The zero-order chi connectivity index (χ0) is 26.5. The normalized spacial score (nSPS) is 15.2. The first-order valence-corrected chi connectivity index (χ1v) is 11.3. The number of H-pyrrole nitrogens is 1. The second-order valence-corrected chi connectivity index (χ2v) is 8.61. The summed E-state index contributed by atoms with van der Waals surface area (Å²) in [5, 5.41) is 18.4. The molecule has 4 rings (SSSR count). The van der Waals surface area contributed by atoms with E-state index in [1.807, 2.05) is 37.3 Å². The Morgan fingerprint density at radius 3 is 2.42 bits per heavy atom. The third-order valence-electron chi connectivity index (χ3n) is 5.88. The van der Waals surface area contributed by atoms with Gasteiger partial charge in [-0.3, -0.25) is 9.89 Å². The number of benzene rings is 2. The van der Waals surface area contributed by atoms with Crippen LogP contribution in [0.25, 0.3) is 10.9 Å². The zero-order valence-electron chi connectivity index (χ0n) is 20.0. The molecule has 1 aromatic heterocycles. The maximum absolute atomic E-state index is 12.7. The van der Waals surface area contributed by atoms with Gasteiger partial charge in [0, 0.05) is 55.1 Å². The van der Waals surface area contributed by atoms with Gasteiger partial charge in [0.05, 0.1) is 11.6 Å². The van der Waals surface area contributed by atoms with Crippen molar-refractivity contribution in [1.82, 2.24) is 15.1 Å². The number of rotatable bonds is 5. The number of alkyl halides is 3. The van der Waals surface area contributed by atoms with Gasteiger partial charge >= 0.3 is 12.1 Å². The Morgan fingerprint density at radius 1 is 1.17 bits per heavy atom. The topological polar surface area (TPSA) is 128 Å². The number of aliphatic carboxylic acids is 1. The van der Waals surface area contributed by atoms with Crippen molar-refractivity contribution >= 4 is 34.2 Å². The number of nitrogens with zero attached hydrogens (tertiary/aromatic N) is 3. The van der Waals surface area contributed by atoms with Crippen molar-refractivity contribution in [2.45, 2.75) is 25.6 Å². The van der Waals surface area contributed by atoms with E-state index in [1.54, 1.807) is 0 Å². The first kappa shape index (κ1) is 27.0. The Bertz CT molecular complexity index is 1210. The molecule has 1 saturated heterocycles. The number of nitrogens with one attached hydrogen (secondary N) is 2. The summed E-state index contributed by atoms with van der Waals surface area (Å²) in [4.78, 5) is 26.3. The molecule has 1 aliphatic rings. The highest BCUT2D eigenvalue weighted by molar-refractivity contribution is 5.96. The predicted molar refractivity (Wildman–Crippen MR) is 131 cm³/mol. The van der Waals surface area contributed by atoms with Gasteiger partial charge in [-0.1, -0.05) is 18.2 Å². The van der Waals surface area contributed by atoms with Gasteiger partial charge < -0.3 is 26.0 Å². The number of aromatic amines is 1. The molecule has 2 heterocycles. The number of carboxylic acid groups (broad SMARTS) is 1. The third kappa shape index (κ3) is 6.95. The number of aromatic nitrogens is 2. The van der Waals surface area contributed by atoms with Crippen LogP contribution in [0.4, 0.5) is 24.5 Å². The molecular formula is C24H29F3N6O3. The quantitative estimate of drug-likeness (QED) is 0.419. The van der Waals surface area contributed by atoms with E-state index in [4.69, 9.17) is 15.6 Å². The molecule has 12 heteroatoms. The van der Waals surface area contributed by atoms with Crippen molar-refractivity contribution in [2.24, 2.45) is 5.73 Å². The molecule has 0 aliphatic carbocycles. The summed E-state index contributed by atoms with van der Waals surface area (Å²) >= 11 is 0. The molecule has 1 unspecified atom stereocenters. The van der Waals surface area contributed by atoms with Crippen LogP contribution in [0.2, 0.25) is 0 Å². The summed E-state index contributed by atoms with van der Waals surface area (Å²) in [5.74, 6) is -2.95. The molecule has 1 atom stereocenters. The molecule has 194 valence electrons. The summed E-state index contributed by atoms with van der Waals surface area (Å²) in [6, 6.07) is 13.3. The van der Waals surface area contributed by atoms with Crippen LogP contribution in [-0.2, 0) is 16.0 Å². The van der Waals surface area contributed by atoms with Crippen LogP contribution >= 0.6 is 0 Å². The molecule has 0 spiro atoms. The second kappa shape index (κ2) is 11.4. The van der Waals surface area contributed by atoms with Crippen LogP contribution in [0.1, 0.15) is 11.3 Å². The van der Waals surface area contributed by atoms with E-state index in [9.17, 15) is 18.0 Å². The monoisotopic (exact) mass is 506 g/mol. The van der Waals surface area contributed by atoms with Gasteiger partial charge in [-0.05, 0) is 43.8 Å². The Labute approximate surface area is 206 Å². The zero-order valence-corrected chi connectivity index (χ0v) is 20.0. The number of carbonyl (C=O) groups is 2. The Hall–Kier alpha value is -3.64. The molecule has 0 saturated carbocycles. The van der Waals surface area contributed by atoms with E-state index >= 15 is 0 Å². The fourth-order valence-corrected chi connectivity index (χ4v) is 3.76. The second-order valence-electron chi connectivity index (χ2n) is 8.61. The van der Waals surface area contributed by atoms with Crippen LogP contribution in [0, 0.1) is 6.92 Å². The van der Waals surface area contributed by atoms with E-state index in [1.165, 1.54) is 5.69 Å². The number of anilines is 2. The first-order chi connectivity index (χ1) is 17.0. The average Bonchev–Trinajstić information content (AvgIpc) is 3.23. The van der Waals surface area contributed by atoms with Crippen LogP contribution in [0.3, 0.4) is 0 Å². The lowest BCUT2D eigenvalue weighted by molar-refractivity contribution is -0.192. The SMILES string of the molecule is Cc1cc(N2CCN(C)CC2)ccc1NC(=O)C(N)Cc1[nH]nc2ccccc12.O=C(O)C(F)(F)F. The molecule has 0 radical (unpaired) electrons. The number of halogens is 3. The fraction of sp³-hybridized carbons (Fsp3) is 0.375. The average molecular weight is 507 g/mol. The standard InChI is InChI=1S/C22H28N6O.C2HF3O2/c1-15-13-16(28-11-9-27(2)10-12-28)7-8-19(15)24-22(29)18(23)14-21-17-5-3-4-6-20(17)25-26-21;3-2(4,5)1(6)7/h3-8,13,18H,9-12,14,23H2,1-2H3,(H,24,29)(H,25,26);(H,6,7). The van der Waals surface area contributed by atoms with Crippen molar-refractivity contribution in [2.75, 3.05) is 43.4 Å². The molecular weight excluding hydrogens is 477 g/mol. The van der Waals surface area contributed by atoms with Crippen molar-refractivity contribution < 1.29 is 27.9 Å². The van der Waals surface area contributed by atoms with Crippen molar-refractivity contribution in [3.05, 3.63) is 53.7 Å². The van der Waals surface area contributed by atoms with Gasteiger partial charge in [0.25, 0.3) is 0 Å². The first-order valence-electron chi connectivity index (χ1n) is 11.3. The van der Waals surface area contributed by atoms with E-state index in [0.717, 1.165) is 54.0 Å². The number of likely N-dealkylation sites (N-methyl/N-ethyl adjacent to an activating group) is 1. The van der Waals surface area contributed by atoms with Gasteiger partial charge in [0.1, 0.15) is 0 Å². The number of nitrogens with two attached hydrogens (primary N) is 1. The fourth-order valence-electron chi connectivity index (χ4n) is 3.76. The molecule has 0 bridgehead atoms. The minimum absolute atomic E-state index is 0.195. The number of carbonyl (C=O) groups excluding carboxylic acids is 1. The third-order valence-corrected chi connectivity index (χ3v) is 5.88. The number of hydrogen-bond acceptors (Lipinski definition) is 6. The van der Waals surface area contributed by atoms with Crippen LogP contribution < -0.4 is 16.0 Å². The molecule has 5 N–H and O–H groups in total. The molecule has 1 amide bonds. The van der Waals surface area contributed by atoms with Crippen LogP contribution in [0.5, 0.6) is 0 Å². The molecule has 1 fully saturated rings. The Kier molecular flexibility index (Phi) is 8.53. The lowest BCUT2D eigenvalue weighted by atomic mass is 10.1. The summed E-state index contributed by atoms with van der Waals surface area (Å²) in [7, 11) is 2.15. The number of piperazine rings is 1. The highest BCUT2D eigenvalue weighted by atomic mass is 19.4. The number of amides is 1. The molecule has 9 nitrogen and oxygen atoms in total. The predicted octanol–water partition coefficient (Wildman–Crippen LogP) is 2.76. The van der Waals surface area contributed by atoms with Crippen molar-refractivity contribution in [3.8, 4) is 0 Å². The summed E-state index contributed by atoms with van der Waals surface area (Å²) in [6.45, 7) is 6.18. The van der Waals surface area contributed by atoms with Crippen molar-refractivity contribution in [1.29, 1.82) is 0 Å². The van der Waals surface area contributed by atoms with Gasteiger partial charge in [-0.2, -0.15) is 18.3 Å². The number of fused-ring (bicyclic) bond motifs is 1. The van der Waals surface area contributed by atoms with Crippen LogP contribution in [0.15, 0.2) is 42.5 Å².